The summed E-state index contributed by atoms with van der Waals surface area (Å²) in [5.74, 6) is 0.247. The van der Waals surface area contributed by atoms with Crippen molar-refractivity contribution in [2.45, 2.75) is 13.5 Å². The number of ether oxygens (including phenoxy) is 1. The van der Waals surface area contributed by atoms with E-state index < -0.39 is 0 Å². The Labute approximate surface area is 116 Å². The van der Waals surface area contributed by atoms with Gasteiger partial charge in [0.1, 0.15) is 12.2 Å². The molecule has 20 heavy (non-hydrogen) atoms. The number of aryl methyl sites for hydroxylation is 1. The number of nitrogens with zero attached hydrogens (tertiary/aromatic N) is 3. The summed E-state index contributed by atoms with van der Waals surface area (Å²) < 4.78 is 4.90. The lowest BCUT2D eigenvalue weighted by Gasteiger charge is -2.06. The SMILES string of the molecule is COc1c[nH]c(CN([N+]#N)c2ccc(C)cc2)cc1=O. The van der Waals surface area contributed by atoms with E-state index in [-0.39, 0.29) is 17.7 Å². The average molecular weight is 271 g/mol. The molecule has 0 unspecified atom stereocenters. The quantitative estimate of drug-likeness (QED) is 0.684. The predicted octanol–water partition coefficient (Wildman–Crippen LogP) is 2.47. The number of hydrogen-bond acceptors (Lipinski definition) is 4. The third-order valence-corrected chi connectivity index (χ3v) is 2.92. The second kappa shape index (κ2) is 5.89. The van der Waals surface area contributed by atoms with E-state index in [1.165, 1.54) is 24.4 Å². The van der Waals surface area contributed by atoms with E-state index in [1.54, 1.807) is 0 Å². The van der Waals surface area contributed by atoms with Crippen LogP contribution in [0.5, 0.6) is 5.75 Å². The van der Waals surface area contributed by atoms with E-state index >= 15 is 0 Å². The molecule has 6 heteroatoms. The van der Waals surface area contributed by atoms with Crippen LogP contribution >= 0.6 is 0 Å². The van der Waals surface area contributed by atoms with Gasteiger partial charge in [0.2, 0.25) is 5.43 Å². The summed E-state index contributed by atoms with van der Waals surface area (Å²) in [5.41, 5.74) is 2.25. The third-order valence-electron chi connectivity index (χ3n) is 2.92. The highest BCUT2D eigenvalue weighted by atomic mass is 16.5. The Morgan fingerprint density at radius 1 is 1.35 bits per heavy atom. The molecule has 0 aliphatic rings. The van der Waals surface area contributed by atoms with E-state index in [9.17, 15) is 4.79 Å². The number of rotatable bonds is 4. The minimum atomic E-state index is -0.219. The summed E-state index contributed by atoms with van der Waals surface area (Å²) in [6.07, 6.45) is 1.49. The maximum absolute atomic E-state index is 11.7. The van der Waals surface area contributed by atoms with Gasteiger partial charge in [-0.05, 0) is 19.1 Å². The zero-order valence-electron chi connectivity index (χ0n) is 11.3. The second-order valence-corrected chi connectivity index (χ2v) is 4.37. The van der Waals surface area contributed by atoms with Gasteiger partial charge in [-0.25, -0.2) is 0 Å². The van der Waals surface area contributed by atoms with Gasteiger partial charge in [0.15, 0.2) is 5.75 Å². The first-order chi connectivity index (χ1) is 9.63. The topological polar surface area (TPSA) is 73.5 Å². The fourth-order valence-corrected chi connectivity index (χ4v) is 1.80. The average Bonchev–Trinajstić information content (AvgIpc) is 2.46. The summed E-state index contributed by atoms with van der Waals surface area (Å²) >= 11 is 0. The van der Waals surface area contributed by atoms with Crippen LogP contribution in [0.15, 0.2) is 41.3 Å². The summed E-state index contributed by atoms with van der Waals surface area (Å²) in [5, 5.41) is 13.7. The Kier molecular flexibility index (Phi) is 4.01. The first-order valence-electron chi connectivity index (χ1n) is 6.09. The minimum absolute atomic E-state index is 0.219. The second-order valence-electron chi connectivity index (χ2n) is 4.37. The van der Waals surface area contributed by atoms with Gasteiger partial charge in [-0.2, -0.15) is 0 Å². The zero-order chi connectivity index (χ0) is 14.5. The Morgan fingerprint density at radius 3 is 2.60 bits per heavy atom. The van der Waals surface area contributed by atoms with Crippen LogP contribution < -0.4 is 15.2 Å². The van der Waals surface area contributed by atoms with E-state index in [2.05, 4.69) is 10.1 Å². The Balaban J connectivity index is 2.23. The van der Waals surface area contributed by atoms with Crippen LogP contribution in [0, 0.1) is 12.3 Å². The third kappa shape index (κ3) is 2.95. The molecule has 0 radical (unpaired) electrons. The molecule has 1 N–H and O–H groups in total. The molecule has 2 rings (SSSR count). The number of anilines is 1. The van der Waals surface area contributed by atoms with Gasteiger partial charge < -0.3 is 9.72 Å². The van der Waals surface area contributed by atoms with E-state index in [1.807, 2.05) is 31.2 Å². The number of nitrogens with one attached hydrogen (secondary N) is 1. The molecule has 0 atom stereocenters. The number of diazo groups is 1. The highest BCUT2D eigenvalue weighted by Gasteiger charge is 2.18. The van der Waals surface area contributed by atoms with Gasteiger partial charge in [0.25, 0.3) is 5.39 Å². The summed E-state index contributed by atoms with van der Waals surface area (Å²) in [7, 11) is 1.44. The smallest absolute Gasteiger partial charge is 0.311 e. The first kappa shape index (κ1) is 13.6. The molecule has 2 aromatic rings. The maximum atomic E-state index is 11.7. The van der Waals surface area contributed by atoms with Crippen LogP contribution in [0.2, 0.25) is 0 Å². The van der Waals surface area contributed by atoms with Crippen LogP contribution in [0.4, 0.5) is 5.69 Å². The van der Waals surface area contributed by atoms with Crippen molar-refractivity contribution in [3.63, 3.8) is 0 Å². The molecule has 0 amide bonds. The van der Waals surface area contributed by atoms with E-state index in [4.69, 9.17) is 10.1 Å². The molecular weight excluding hydrogens is 256 g/mol. The Morgan fingerprint density at radius 2 is 2.05 bits per heavy atom. The number of pyridine rings is 1. The molecule has 0 aliphatic carbocycles. The molecular formula is C14H15N4O2+. The first-order valence-corrected chi connectivity index (χ1v) is 6.09. The molecule has 1 aromatic carbocycles. The lowest BCUT2D eigenvalue weighted by Crippen LogP contribution is -2.16. The number of benzene rings is 1. The molecule has 102 valence electrons. The summed E-state index contributed by atoms with van der Waals surface area (Å²) in [6, 6.07) is 8.95. The van der Waals surface area contributed by atoms with Gasteiger partial charge in [-0.15, -0.1) is 0 Å². The molecule has 6 nitrogen and oxygen atoms in total. The molecule has 0 fully saturated rings. The summed E-state index contributed by atoms with van der Waals surface area (Å²) in [6.45, 7) is 2.23. The van der Waals surface area contributed by atoms with E-state index in [0.29, 0.717) is 5.69 Å². The molecule has 0 saturated carbocycles. The zero-order valence-corrected chi connectivity index (χ0v) is 11.3. The number of H-pyrrole nitrogens is 1. The van der Waals surface area contributed by atoms with Crippen molar-refractivity contribution < 1.29 is 4.74 Å². The van der Waals surface area contributed by atoms with Gasteiger partial charge in [-0.3, -0.25) is 4.79 Å². The molecule has 1 aromatic heterocycles. The fourth-order valence-electron chi connectivity index (χ4n) is 1.80. The van der Waals surface area contributed by atoms with Crippen LogP contribution in [0.1, 0.15) is 11.3 Å². The fraction of sp³-hybridized carbons (Fsp3) is 0.214. The number of hydrogen-bond donors (Lipinski definition) is 1. The molecule has 1 heterocycles. The van der Waals surface area contributed by atoms with E-state index in [0.717, 1.165) is 11.3 Å². The number of aromatic amines is 1. The lowest BCUT2D eigenvalue weighted by molar-refractivity contribution is 0.408. The standard InChI is InChI=1S/C14H14N4O2/c1-10-3-5-12(6-4-10)18(17-15)9-11-7-13(19)14(20-2)8-16-11/h3-8H,9H2,1-2H3/p+1. The van der Waals surface area contributed by atoms with Gasteiger partial charge in [-0.1, -0.05) is 17.7 Å². The van der Waals surface area contributed by atoms with Crippen LogP contribution in [-0.4, -0.2) is 12.1 Å². The van der Waals surface area contributed by atoms with Crippen molar-refractivity contribution in [1.29, 1.82) is 5.39 Å². The van der Waals surface area contributed by atoms with Gasteiger partial charge >= 0.3 is 5.08 Å². The highest BCUT2D eigenvalue weighted by molar-refractivity contribution is 5.48. The number of aromatic nitrogens is 1. The Hall–Kier alpha value is -2.81. The van der Waals surface area contributed by atoms with Crippen molar-refractivity contribution in [3.8, 4) is 5.75 Å². The van der Waals surface area contributed by atoms with Crippen molar-refractivity contribution in [3.05, 3.63) is 63.1 Å². The van der Waals surface area contributed by atoms with Crippen LogP contribution in [-0.2, 0) is 6.54 Å². The predicted molar refractivity (Wildman–Crippen MR) is 76.1 cm³/mol. The Bertz CT molecular complexity index is 686. The largest absolute Gasteiger partial charge is 0.491 e. The van der Waals surface area contributed by atoms with Crippen LogP contribution in [0.25, 0.3) is 5.08 Å². The molecule has 0 saturated heterocycles. The highest BCUT2D eigenvalue weighted by Crippen LogP contribution is 2.17. The lowest BCUT2D eigenvalue weighted by atomic mass is 10.2. The monoisotopic (exact) mass is 271 g/mol. The number of methoxy groups -OCH3 is 1. The van der Waals surface area contributed by atoms with Crippen molar-refractivity contribution in [2.75, 3.05) is 12.1 Å². The van der Waals surface area contributed by atoms with Crippen molar-refractivity contribution in [1.82, 2.24) is 4.98 Å². The molecule has 0 aliphatic heterocycles. The van der Waals surface area contributed by atoms with Gasteiger partial charge in [0, 0.05) is 23.0 Å². The molecule has 0 spiro atoms. The van der Waals surface area contributed by atoms with Crippen molar-refractivity contribution >= 4 is 5.69 Å². The summed E-state index contributed by atoms with van der Waals surface area (Å²) in [4.78, 5) is 14.6. The van der Waals surface area contributed by atoms with Crippen molar-refractivity contribution in [2.24, 2.45) is 0 Å². The normalized spacial score (nSPS) is 9.85. The van der Waals surface area contributed by atoms with Crippen LogP contribution in [0.3, 0.4) is 0 Å². The molecule has 0 bridgehead atoms. The minimum Gasteiger partial charge on any atom is -0.491 e. The maximum Gasteiger partial charge on any atom is 0.311 e. The van der Waals surface area contributed by atoms with Gasteiger partial charge in [0.05, 0.1) is 7.11 Å².